The van der Waals surface area contributed by atoms with Crippen LogP contribution in [-0.4, -0.2) is 19.9 Å². The van der Waals surface area contributed by atoms with Crippen LogP contribution < -0.4 is 0 Å². The molecule has 0 unspecified atom stereocenters. The maximum atomic E-state index is 13.2. The number of halogens is 1. The van der Waals surface area contributed by atoms with E-state index in [4.69, 9.17) is 4.98 Å². The first-order chi connectivity index (χ1) is 11.2. The fraction of sp³-hybridized carbons (Fsp3) is 0.0588. The summed E-state index contributed by atoms with van der Waals surface area (Å²) in [6, 6.07) is 10.1. The quantitative estimate of drug-likeness (QED) is 0.553. The smallest absolute Gasteiger partial charge is 0.144 e. The number of aryl methyl sites for hydroxylation is 1. The van der Waals surface area contributed by atoms with Crippen molar-refractivity contribution in [1.82, 2.24) is 19.9 Å². The van der Waals surface area contributed by atoms with E-state index >= 15 is 0 Å². The predicted molar refractivity (Wildman–Crippen MR) is 88.6 cm³/mol. The number of fused-ring (bicyclic) bond motifs is 1. The first kappa shape index (κ1) is 13.9. The molecular formula is C17H11FN4S. The zero-order chi connectivity index (χ0) is 15.8. The van der Waals surface area contributed by atoms with Crippen molar-refractivity contribution in [2.75, 3.05) is 0 Å². The molecule has 4 rings (SSSR count). The Bertz CT molecular complexity index is 981. The summed E-state index contributed by atoms with van der Waals surface area (Å²) in [5.41, 5.74) is 4.07. The van der Waals surface area contributed by atoms with Gasteiger partial charge in [0, 0.05) is 17.3 Å². The van der Waals surface area contributed by atoms with Crippen LogP contribution in [0.5, 0.6) is 0 Å². The molecule has 4 aromatic rings. The van der Waals surface area contributed by atoms with Crippen LogP contribution in [0, 0.1) is 12.7 Å². The summed E-state index contributed by atoms with van der Waals surface area (Å²) in [5, 5.41) is 0.956. The number of hydrogen-bond donors (Lipinski definition) is 0. The normalized spacial score (nSPS) is 11.0. The summed E-state index contributed by atoms with van der Waals surface area (Å²) in [5.74, 6) is -0.271. The first-order valence-electron chi connectivity index (χ1n) is 7.01. The van der Waals surface area contributed by atoms with E-state index in [0.29, 0.717) is 0 Å². The average molecular weight is 322 g/mol. The zero-order valence-corrected chi connectivity index (χ0v) is 13.0. The predicted octanol–water partition coefficient (Wildman–Crippen LogP) is 4.26. The molecule has 0 amide bonds. The summed E-state index contributed by atoms with van der Waals surface area (Å²) in [7, 11) is 0. The highest BCUT2D eigenvalue weighted by molar-refractivity contribution is 7.18. The Labute approximate surface area is 135 Å². The molecule has 0 saturated heterocycles. The number of rotatable bonds is 2. The molecule has 0 radical (unpaired) electrons. The minimum absolute atomic E-state index is 0.271. The van der Waals surface area contributed by atoms with E-state index in [9.17, 15) is 4.39 Å². The Morgan fingerprint density at radius 2 is 1.87 bits per heavy atom. The van der Waals surface area contributed by atoms with E-state index in [1.54, 1.807) is 18.3 Å². The van der Waals surface area contributed by atoms with Gasteiger partial charge in [0.25, 0.3) is 0 Å². The van der Waals surface area contributed by atoms with Crippen molar-refractivity contribution >= 4 is 21.7 Å². The lowest BCUT2D eigenvalue weighted by Crippen LogP contribution is -1.92. The van der Waals surface area contributed by atoms with Crippen LogP contribution in [0.25, 0.3) is 32.9 Å². The molecule has 1 aromatic carbocycles. The number of hydrogen-bond acceptors (Lipinski definition) is 5. The van der Waals surface area contributed by atoms with Crippen molar-refractivity contribution < 1.29 is 4.39 Å². The molecule has 23 heavy (non-hydrogen) atoms. The van der Waals surface area contributed by atoms with Gasteiger partial charge in [-0.25, -0.2) is 24.3 Å². The maximum absolute atomic E-state index is 13.2. The zero-order valence-electron chi connectivity index (χ0n) is 12.2. The first-order valence-corrected chi connectivity index (χ1v) is 7.83. The molecule has 3 heterocycles. The lowest BCUT2D eigenvalue weighted by molar-refractivity contribution is 0.628. The number of pyridine rings is 1. The van der Waals surface area contributed by atoms with Crippen molar-refractivity contribution in [2.24, 2.45) is 0 Å². The molecule has 0 bridgehead atoms. The molecule has 0 N–H and O–H groups in total. The van der Waals surface area contributed by atoms with Crippen molar-refractivity contribution in [1.29, 1.82) is 0 Å². The SMILES string of the molecule is Cc1nc2cc(-c3ccncn3)c(-c3ccc(F)cc3)nc2s1. The second kappa shape index (κ2) is 5.48. The summed E-state index contributed by atoms with van der Waals surface area (Å²) in [4.78, 5) is 18.4. The molecular weight excluding hydrogens is 311 g/mol. The van der Waals surface area contributed by atoms with Gasteiger partial charge in [-0.1, -0.05) is 11.3 Å². The fourth-order valence-electron chi connectivity index (χ4n) is 2.45. The fourth-order valence-corrected chi connectivity index (χ4v) is 3.22. The number of benzene rings is 1. The average Bonchev–Trinajstić information content (AvgIpc) is 2.94. The van der Waals surface area contributed by atoms with E-state index < -0.39 is 0 Å². The van der Waals surface area contributed by atoms with E-state index in [-0.39, 0.29) is 5.82 Å². The molecule has 0 aliphatic rings. The monoisotopic (exact) mass is 322 g/mol. The number of aromatic nitrogens is 4. The van der Waals surface area contributed by atoms with Gasteiger partial charge in [0.15, 0.2) is 0 Å². The van der Waals surface area contributed by atoms with E-state index in [1.165, 1.54) is 29.8 Å². The Kier molecular flexibility index (Phi) is 3.31. The Balaban J connectivity index is 2.01. The van der Waals surface area contributed by atoms with Crippen LogP contribution in [0.2, 0.25) is 0 Å². The molecule has 6 heteroatoms. The van der Waals surface area contributed by atoms with Crippen molar-refractivity contribution in [3.63, 3.8) is 0 Å². The van der Waals surface area contributed by atoms with Crippen LogP contribution in [-0.2, 0) is 0 Å². The molecule has 4 nitrogen and oxygen atoms in total. The molecule has 0 spiro atoms. The molecule has 112 valence electrons. The molecule has 0 aliphatic heterocycles. The van der Waals surface area contributed by atoms with Crippen LogP contribution in [0.4, 0.5) is 4.39 Å². The third-order valence-corrected chi connectivity index (χ3v) is 4.35. The second-order valence-electron chi connectivity index (χ2n) is 5.04. The van der Waals surface area contributed by atoms with Gasteiger partial charge in [-0.2, -0.15) is 0 Å². The van der Waals surface area contributed by atoms with E-state index in [1.807, 2.05) is 19.1 Å². The van der Waals surface area contributed by atoms with Crippen LogP contribution in [0.1, 0.15) is 5.01 Å². The maximum Gasteiger partial charge on any atom is 0.144 e. The largest absolute Gasteiger partial charge is 0.245 e. The highest BCUT2D eigenvalue weighted by atomic mass is 32.1. The summed E-state index contributed by atoms with van der Waals surface area (Å²) < 4.78 is 13.2. The minimum atomic E-state index is -0.271. The van der Waals surface area contributed by atoms with Crippen molar-refractivity contribution in [3.05, 3.63) is 59.7 Å². The Hall–Kier alpha value is -2.73. The summed E-state index contributed by atoms with van der Waals surface area (Å²) in [6.45, 7) is 1.95. The van der Waals surface area contributed by atoms with Crippen LogP contribution in [0.15, 0.2) is 48.9 Å². The molecule has 0 fully saturated rings. The lowest BCUT2D eigenvalue weighted by atomic mass is 10.0. The third kappa shape index (κ3) is 2.57. The standard InChI is InChI=1S/C17H11FN4S/c1-10-21-15-8-13(14-6-7-19-9-20-14)16(22-17(15)23-10)11-2-4-12(18)5-3-11/h2-9H,1H3. The van der Waals surface area contributed by atoms with Gasteiger partial charge < -0.3 is 0 Å². The number of thiazole rings is 1. The second-order valence-corrected chi connectivity index (χ2v) is 6.22. The molecule has 0 saturated carbocycles. The highest BCUT2D eigenvalue weighted by Gasteiger charge is 2.14. The van der Waals surface area contributed by atoms with Gasteiger partial charge in [-0.15, -0.1) is 0 Å². The Morgan fingerprint density at radius 3 is 2.61 bits per heavy atom. The molecule has 3 aromatic heterocycles. The Morgan fingerprint density at radius 1 is 1.04 bits per heavy atom. The summed E-state index contributed by atoms with van der Waals surface area (Å²) in [6.07, 6.45) is 3.19. The van der Waals surface area contributed by atoms with E-state index in [2.05, 4.69) is 15.0 Å². The summed E-state index contributed by atoms with van der Waals surface area (Å²) >= 11 is 1.54. The van der Waals surface area contributed by atoms with Gasteiger partial charge in [-0.05, 0) is 43.3 Å². The molecule has 0 aliphatic carbocycles. The van der Waals surface area contributed by atoms with Crippen LogP contribution >= 0.6 is 11.3 Å². The topological polar surface area (TPSA) is 51.6 Å². The minimum Gasteiger partial charge on any atom is -0.245 e. The van der Waals surface area contributed by atoms with Gasteiger partial charge in [-0.3, -0.25) is 0 Å². The highest BCUT2D eigenvalue weighted by Crippen LogP contribution is 2.33. The van der Waals surface area contributed by atoms with Crippen molar-refractivity contribution in [2.45, 2.75) is 6.92 Å². The number of nitrogens with zero attached hydrogens (tertiary/aromatic N) is 4. The van der Waals surface area contributed by atoms with Gasteiger partial charge in [0.1, 0.15) is 22.5 Å². The van der Waals surface area contributed by atoms with Gasteiger partial charge in [0.05, 0.1) is 16.4 Å². The van der Waals surface area contributed by atoms with Gasteiger partial charge >= 0.3 is 0 Å². The third-order valence-electron chi connectivity index (χ3n) is 3.47. The van der Waals surface area contributed by atoms with Gasteiger partial charge in [0.2, 0.25) is 0 Å². The lowest BCUT2D eigenvalue weighted by Gasteiger charge is -2.08. The van der Waals surface area contributed by atoms with E-state index in [0.717, 1.165) is 37.9 Å². The van der Waals surface area contributed by atoms with Crippen molar-refractivity contribution in [3.8, 4) is 22.5 Å². The van der Waals surface area contributed by atoms with Crippen LogP contribution in [0.3, 0.4) is 0 Å². The molecule has 0 atom stereocenters.